The largest absolute Gasteiger partial charge is 0.481 e. The highest BCUT2D eigenvalue weighted by molar-refractivity contribution is 5.89. The van der Waals surface area contributed by atoms with Crippen LogP contribution in [0.2, 0.25) is 0 Å². The molecular weight excluding hydrogens is 220 g/mol. The van der Waals surface area contributed by atoms with Gasteiger partial charge in [0.25, 0.3) is 0 Å². The lowest BCUT2D eigenvalue weighted by atomic mass is 10.2. The fraction of sp³-hybridized carbons (Fsp3) is 0.417. The van der Waals surface area contributed by atoms with Crippen LogP contribution in [-0.2, 0) is 16.1 Å². The first-order valence-corrected chi connectivity index (χ1v) is 5.46. The number of rotatable bonds is 4. The smallest absolute Gasteiger partial charge is 0.307 e. The third-order valence-electron chi connectivity index (χ3n) is 2.97. The molecule has 5 heteroatoms. The van der Waals surface area contributed by atoms with Gasteiger partial charge >= 0.3 is 5.97 Å². The van der Waals surface area contributed by atoms with Gasteiger partial charge in [0, 0.05) is 26.0 Å². The van der Waals surface area contributed by atoms with E-state index in [1.807, 2.05) is 12.1 Å². The number of aliphatic carboxylic acids is 1. The SMILES string of the molecule is CN(Cc1ccncc1)C(=O)C1CC1C(=O)O. The van der Waals surface area contributed by atoms with E-state index in [0.29, 0.717) is 13.0 Å². The number of hydrogen-bond acceptors (Lipinski definition) is 3. The van der Waals surface area contributed by atoms with Gasteiger partial charge in [-0.05, 0) is 24.1 Å². The van der Waals surface area contributed by atoms with Crippen molar-refractivity contribution in [3.63, 3.8) is 0 Å². The molecule has 1 aliphatic carbocycles. The van der Waals surface area contributed by atoms with Crippen molar-refractivity contribution >= 4 is 11.9 Å². The summed E-state index contributed by atoms with van der Waals surface area (Å²) in [7, 11) is 1.69. The molecule has 0 bridgehead atoms. The molecule has 1 aromatic heterocycles. The topological polar surface area (TPSA) is 70.5 Å². The summed E-state index contributed by atoms with van der Waals surface area (Å²) < 4.78 is 0. The molecule has 1 saturated carbocycles. The molecule has 17 heavy (non-hydrogen) atoms. The van der Waals surface area contributed by atoms with Crippen LogP contribution in [0.4, 0.5) is 0 Å². The first-order valence-electron chi connectivity index (χ1n) is 5.46. The predicted molar refractivity (Wildman–Crippen MR) is 59.9 cm³/mol. The van der Waals surface area contributed by atoms with E-state index in [1.165, 1.54) is 0 Å². The maximum absolute atomic E-state index is 11.9. The van der Waals surface area contributed by atoms with Crippen LogP contribution in [0, 0.1) is 11.8 Å². The van der Waals surface area contributed by atoms with Gasteiger partial charge in [0.15, 0.2) is 0 Å². The standard InChI is InChI=1S/C12H14N2O3/c1-14(7-8-2-4-13-5-3-8)11(15)9-6-10(9)12(16)17/h2-5,9-10H,6-7H2,1H3,(H,16,17). The number of hydrogen-bond donors (Lipinski definition) is 1. The van der Waals surface area contributed by atoms with Crippen molar-refractivity contribution < 1.29 is 14.7 Å². The third-order valence-corrected chi connectivity index (χ3v) is 2.97. The second kappa shape index (κ2) is 4.53. The van der Waals surface area contributed by atoms with Gasteiger partial charge in [-0.25, -0.2) is 0 Å². The average molecular weight is 234 g/mol. The van der Waals surface area contributed by atoms with Gasteiger partial charge in [0.05, 0.1) is 11.8 Å². The number of carbonyl (C=O) groups is 2. The van der Waals surface area contributed by atoms with Crippen LogP contribution in [-0.4, -0.2) is 33.9 Å². The lowest BCUT2D eigenvalue weighted by Crippen LogP contribution is -2.28. The summed E-state index contributed by atoms with van der Waals surface area (Å²) >= 11 is 0. The van der Waals surface area contributed by atoms with Gasteiger partial charge in [0.1, 0.15) is 0 Å². The van der Waals surface area contributed by atoms with E-state index in [1.54, 1.807) is 24.3 Å². The highest BCUT2D eigenvalue weighted by Gasteiger charge is 2.49. The molecular formula is C12H14N2O3. The molecule has 90 valence electrons. The van der Waals surface area contributed by atoms with E-state index in [2.05, 4.69) is 4.98 Å². The molecule has 0 radical (unpaired) electrons. The predicted octanol–water partition coefficient (Wildman–Crippen LogP) is 0.761. The van der Waals surface area contributed by atoms with Crippen molar-refractivity contribution in [1.82, 2.24) is 9.88 Å². The van der Waals surface area contributed by atoms with Crippen molar-refractivity contribution in [2.24, 2.45) is 11.8 Å². The van der Waals surface area contributed by atoms with Gasteiger partial charge in [-0.1, -0.05) is 0 Å². The Labute approximate surface area is 99.1 Å². The third kappa shape index (κ3) is 2.61. The monoisotopic (exact) mass is 234 g/mol. The molecule has 1 aromatic rings. The van der Waals surface area contributed by atoms with E-state index >= 15 is 0 Å². The zero-order valence-electron chi connectivity index (χ0n) is 9.54. The molecule has 0 aromatic carbocycles. The summed E-state index contributed by atoms with van der Waals surface area (Å²) in [5.74, 6) is -1.78. The molecule has 1 aliphatic rings. The highest BCUT2D eigenvalue weighted by Crippen LogP contribution is 2.40. The normalized spacial score (nSPS) is 21.9. The number of nitrogens with zero attached hydrogens (tertiary/aromatic N) is 2. The van der Waals surface area contributed by atoms with Crippen LogP contribution in [0.25, 0.3) is 0 Å². The van der Waals surface area contributed by atoms with E-state index in [0.717, 1.165) is 5.56 Å². The Bertz CT molecular complexity index is 433. The van der Waals surface area contributed by atoms with Crippen molar-refractivity contribution in [3.8, 4) is 0 Å². The Kier molecular flexibility index (Phi) is 3.08. The number of carboxylic acids is 1. The van der Waals surface area contributed by atoms with Gasteiger partial charge in [0.2, 0.25) is 5.91 Å². The molecule has 0 spiro atoms. The van der Waals surface area contributed by atoms with Crippen LogP contribution in [0.15, 0.2) is 24.5 Å². The molecule has 2 rings (SSSR count). The molecule has 1 heterocycles. The van der Waals surface area contributed by atoms with Crippen LogP contribution in [0.1, 0.15) is 12.0 Å². The average Bonchev–Trinajstić information content (AvgIpc) is 3.09. The van der Waals surface area contributed by atoms with Gasteiger partial charge in [-0.15, -0.1) is 0 Å². The molecule has 5 nitrogen and oxygen atoms in total. The highest BCUT2D eigenvalue weighted by atomic mass is 16.4. The lowest BCUT2D eigenvalue weighted by molar-refractivity contribution is -0.141. The van der Waals surface area contributed by atoms with Crippen LogP contribution in [0.5, 0.6) is 0 Å². The molecule has 0 aliphatic heterocycles. The maximum atomic E-state index is 11.9. The molecule has 2 atom stereocenters. The van der Waals surface area contributed by atoms with E-state index in [4.69, 9.17) is 5.11 Å². The first kappa shape index (κ1) is 11.6. The van der Waals surface area contributed by atoms with Crippen molar-refractivity contribution in [2.75, 3.05) is 7.05 Å². The Balaban J connectivity index is 1.91. The summed E-state index contributed by atoms with van der Waals surface area (Å²) in [5.41, 5.74) is 0.989. The van der Waals surface area contributed by atoms with Crippen molar-refractivity contribution in [1.29, 1.82) is 0 Å². The minimum Gasteiger partial charge on any atom is -0.481 e. The summed E-state index contributed by atoms with van der Waals surface area (Å²) in [5, 5.41) is 8.77. The number of aromatic nitrogens is 1. The van der Waals surface area contributed by atoms with Gasteiger partial charge < -0.3 is 10.0 Å². The van der Waals surface area contributed by atoms with E-state index in [-0.39, 0.29) is 11.8 Å². The summed E-state index contributed by atoms with van der Waals surface area (Å²) in [6.45, 7) is 0.490. The Hall–Kier alpha value is -1.91. The summed E-state index contributed by atoms with van der Waals surface area (Å²) in [6, 6.07) is 3.68. The molecule has 1 amide bonds. The quantitative estimate of drug-likeness (QED) is 0.835. The maximum Gasteiger partial charge on any atom is 0.307 e. The molecule has 1 N–H and O–H groups in total. The van der Waals surface area contributed by atoms with Crippen LogP contribution in [0.3, 0.4) is 0 Å². The van der Waals surface area contributed by atoms with E-state index < -0.39 is 11.9 Å². The minimum absolute atomic E-state index is 0.0887. The van der Waals surface area contributed by atoms with Gasteiger partial charge in [-0.2, -0.15) is 0 Å². The fourth-order valence-corrected chi connectivity index (χ4v) is 1.86. The Morgan fingerprint density at radius 3 is 2.59 bits per heavy atom. The van der Waals surface area contributed by atoms with Gasteiger partial charge in [-0.3, -0.25) is 14.6 Å². The Morgan fingerprint density at radius 2 is 2.06 bits per heavy atom. The first-order chi connectivity index (χ1) is 8.09. The van der Waals surface area contributed by atoms with Crippen LogP contribution < -0.4 is 0 Å². The molecule has 1 fully saturated rings. The number of carbonyl (C=O) groups excluding carboxylic acids is 1. The van der Waals surface area contributed by atoms with Crippen LogP contribution >= 0.6 is 0 Å². The second-order valence-electron chi connectivity index (χ2n) is 4.34. The van der Waals surface area contributed by atoms with Crippen molar-refractivity contribution in [3.05, 3.63) is 30.1 Å². The minimum atomic E-state index is -0.874. The molecule has 0 saturated heterocycles. The zero-order valence-corrected chi connectivity index (χ0v) is 9.54. The number of amides is 1. The van der Waals surface area contributed by atoms with Crippen molar-refractivity contribution in [2.45, 2.75) is 13.0 Å². The summed E-state index contributed by atoms with van der Waals surface area (Å²) in [4.78, 5) is 28.0. The lowest BCUT2D eigenvalue weighted by Gasteiger charge is -2.16. The fourth-order valence-electron chi connectivity index (χ4n) is 1.86. The van der Waals surface area contributed by atoms with E-state index in [9.17, 15) is 9.59 Å². The second-order valence-corrected chi connectivity index (χ2v) is 4.34. The Morgan fingerprint density at radius 1 is 1.41 bits per heavy atom. The number of pyridine rings is 1. The summed E-state index contributed by atoms with van der Waals surface area (Å²) in [6.07, 6.45) is 3.81. The number of carboxylic acid groups (broad SMARTS) is 1. The molecule has 2 unspecified atom stereocenters. The zero-order chi connectivity index (χ0) is 12.4.